The number of nitrogens with one attached hydrogen (secondary N) is 2. The summed E-state index contributed by atoms with van der Waals surface area (Å²) in [6.45, 7) is 7.73. The van der Waals surface area contributed by atoms with E-state index in [1.54, 1.807) is 12.1 Å². The minimum atomic E-state index is -0.361. The van der Waals surface area contributed by atoms with Crippen LogP contribution in [-0.4, -0.2) is 56.9 Å². The third kappa shape index (κ3) is 6.18. The van der Waals surface area contributed by atoms with Crippen LogP contribution in [-0.2, 0) is 4.74 Å². The van der Waals surface area contributed by atoms with Crippen molar-refractivity contribution in [3.63, 3.8) is 0 Å². The van der Waals surface area contributed by atoms with Gasteiger partial charge < -0.3 is 25.2 Å². The molecule has 1 saturated heterocycles. The second-order valence-corrected chi connectivity index (χ2v) is 8.55. The summed E-state index contributed by atoms with van der Waals surface area (Å²) in [5.41, 5.74) is 3.27. The molecule has 0 bridgehead atoms. The smallest absolute Gasteiger partial charge is 0.319 e. The standard InChI is InChI=1S/C24H33FN4O2/c1-16-6-8-19(9-7-16)23(28(4)5)13-26-24(30)27-20-10-11-22(21(25)12-20)29-14-17(2)31-18(3)15-29/h6-12,17-18,23H,13-15H2,1-5H3,(H2,26,27,30). The van der Waals surface area contributed by atoms with Crippen LogP contribution in [0.3, 0.4) is 0 Å². The number of rotatable bonds is 6. The largest absolute Gasteiger partial charge is 0.372 e. The zero-order valence-electron chi connectivity index (χ0n) is 19.0. The number of carbonyl (C=O) groups excluding carboxylic acids is 1. The highest BCUT2D eigenvalue weighted by Gasteiger charge is 2.24. The van der Waals surface area contributed by atoms with E-state index in [1.807, 2.05) is 39.8 Å². The van der Waals surface area contributed by atoms with Gasteiger partial charge in [-0.1, -0.05) is 29.8 Å². The number of benzene rings is 2. The Morgan fingerprint density at radius 1 is 1.16 bits per heavy atom. The molecule has 0 aliphatic carbocycles. The molecule has 0 saturated carbocycles. The number of urea groups is 1. The van der Waals surface area contributed by atoms with E-state index in [2.05, 4.69) is 39.8 Å². The summed E-state index contributed by atoms with van der Waals surface area (Å²) < 4.78 is 20.5. The van der Waals surface area contributed by atoms with Crippen LogP contribution in [0.2, 0.25) is 0 Å². The van der Waals surface area contributed by atoms with Gasteiger partial charge in [0.05, 0.1) is 23.9 Å². The molecule has 2 aromatic rings. The first-order valence-electron chi connectivity index (χ1n) is 10.7. The van der Waals surface area contributed by atoms with Gasteiger partial charge in [0.2, 0.25) is 0 Å². The fourth-order valence-electron chi connectivity index (χ4n) is 3.97. The number of aryl methyl sites for hydroxylation is 1. The molecule has 3 atom stereocenters. The number of hydrogen-bond donors (Lipinski definition) is 2. The lowest BCUT2D eigenvalue weighted by Gasteiger charge is -2.37. The lowest BCUT2D eigenvalue weighted by Crippen LogP contribution is -2.45. The first-order chi connectivity index (χ1) is 14.7. The molecule has 1 aliphatic rings. The van der Waals surface area contributed by atoms with E-state index in [0.29, 0.717) is 31.0 Å². The summed E-state index contributed by atoms with van der Waals surface area (Å²) >= 11 is 0. The van der Waals surface area contributed by atoms with Crippen molar-refractivity contribution in [1.82, 2.24) is 10.2 Å². The van der Waals surface area contributed by atoms with Crippen LogP contribution in [0.1, 0.15) is 31.0 Å². The molecule has 7 heteroatoms. The van der Waals surface area contributed by atoms with E-state index >= 15 is 0 Å². The highest BCUT2D eigenvalue weighted by molar-refractivity contribution is 5.89. The predicted octanol–water partition coefficient (Wildman–Crippen LogP) is 4.17. The van der Waals surface area contributed by atoms with Gasteiger partial charge in [-0.2, -0.15) is 0 Å². The van der Waals surface area contributed by atoms with Gasteiger partial charge in [0, 0.05) is 25.3 Å². The third-order valence-corrected chi connectivity index (χ3v) is 5.51. The summed E-state index contributed by atoms with van der Waals surface area (Å²) in [5.74, 6) is -0.357. The van der Waals surface area contributed by atoms with E-state index in [0.717, 1.165) is 5.56 Å². The second kappa shape index (κ2) is 10.1. The summed E-state index contributed by atoms with van der Waals surface area (Å²) in [4.78, 5) is 16.5. The Morgan fingerprint density at radius 2 is 1.81 bits per heavy atom. The van der Waals surface area contributed by atoms with Gasteiger partial charge in [-0.3, -0.25) is 0 Å². The predicted molar refractivity (Wildman–Crippen MR) is 123 cm³/mol. The van der Waals surface area contributed by atoms with Crippen LogP contribution < -0.4 is 15.5 Å². The number of hydrogen-bond acceptors (Lipinski definition) is 4. The second-order valence-electron chi connectivity index (χ2n) is 8.55. The number of anilines is 2. The maximum atomic E-state index is 14.8. The number of nitrogens with zero attached hydrogens (tertiary/aromatic N) is 2. The van der Waals surface area contributed by atoms with E-state index < -0.39 is 0 Å². The summed E-state index contributed by atoms with van der Waals surface area (Å²) in [6.07, 6.45) is 0.0924. The third-order valence-electron chi connectivity index (χ3n) is 5.51. The quantitative estimate of drug-likeness (QED) is 0.725. The normalized spacial score (nSPS) is 19.9. The number of halogens is 1. The van der Waals surface area contributed by atoms with Gasteiger partial charge in [0.25, 0.3) is 0 Å². The number of ether oxygens (including phenoxy) is 1. The van der Waals surface area contributed by atoms with E-state index in [-0.39, 0.29) is 30.1 Å². The Kier molecular flexibility index (Phi) is 7.51. The molecule has 2 N–H and O–H groups in total. The van der Waals surface area contributed by atoms with Crippen molar-refractivity contribution in [2.45, 2.75) is 39.0 Å². The first-order valence-corrected chi connectivity index (χ1v) is 10.7. The van der Waals surface area contributed by atoms with Crippen LogP contribution in [0, 0.1) is 12.7 Å². The molecule has 1 aliphatic heterocycles. The molecule has 0 spiro atoms. The maximum Gasteiger partial charge on any atom is 0.319 e. The van der Waals surface area contributed by atoms with E-state index in [9.17, 15) is 9.18 Å². The highest BCUT2D eigenvalue weighted by Crippen LogP contribution is 2.26. The Morgan fingerprint density at radius 3 is 2.39 bits per heavy atom. The number of likely N-dealkylation sites (N-methyl/N-ethyl adjacent to an activating group) is 1. The molecule has 3 unspecified atom stereocenters. The maximum absolute atomic E-state index is 14.8. The molecule has 0 aromatic heterocycles. The minimum absolute atomic E-state index is 0.0377. The zero-order chi connectivity index (χ0) is 22.5. The Labute approximate surface area is 184 Å². The summed E-state index contributed by atoms with van der Waals surface area (Å²) in [6, 6.07) is 12.7. The number of morpholine rings is 1. The van der Waals surface area contributed by atoms with Crippen molar-refractivity contribution in [3.05, 3.63) is 59.4 Å². The monoisotopic (exact) mass is 428 g/mol. The molecular weight excluding hydrogens is 395 g/mol. The van der Waals surface area contributed by atoms with Gasteiger partial charge in [0.15, 0.2) is 0 Å². The minimum Gasteiger partial charge on any atom is -0.372 e. The number of carbonyl (C=O) groups is 1. The van der Waals surface area contributed by atoms with Gasteiger partial charge in [-0.05, 0) is 58.6 Å². The number of amides is 2. The lowest BCUT2D eigenvalue weighted by molar-refractivity contribution is -0.00539. The fraction of sp³-hybridized carbons (Fsp3) is 0.458. The average molecular weight is 429 g/mol. The fourth-order valence-corrected chi connectivity index (χ4v) is 3.97. The summed E-state index contributed by atoms with van der Waals surface area (Å²) in [7, 11) is 3.96. The molecule has 1 fully saturated rings. The average Bonchev–Trinajstić information content (AvgIpc) is 2.68. The van der Waals surface area contributed by atoms with Crippen molar-refractivity contribution >= 4 is 17.4 Å². The van der Waals surface area contributed by atoms with Gasteiger partial charge >= 0.3 is 6.03 Å². The van der Waals surface area contributed by atoms with E-state index in [1.165, 1.54) is 11.6 Å². The Hall–Kier alpha value is -2.64. The van der Waals surface area contributed by atoms with E-state index in [4.69, 9.17) is 4.74 Å². The summed E-state index contributed by atoms with van der Waals surface area (Å²) in [5, 5.41) is 5.63. The Bertz CT molecular complexity index is 878. The molecule has 2 aromatic carbocycles. The molecule has 3 rings (SSSR count). The van der Waals surface area contributed by atoms with Crippen molar-refractivity contribution in [2.75, 3.05) is 43.9 Å². The zero-order valence-corrected chi connectivity index (χ0v) is 19.0. The van der Waals surface area contributed by atoms with Gasteiger partial charge in [0.1, 0.15) is 5.82 Å². The first kappa shape index (κ1) is 23.0. The SMILES string of the molecule is Cc1ccc(C(CNC(=O)Nc2ccc(N3CC(C)OC(C)C3)c(F)c2)N(C)C)cc1. The van der Waals surface area contributed by atoms with Crippen molar-refractivity contribution in [2.24, 2.45) is 0 Å². The molecule has 6 nitrogen and oxygen atoms in total. The molecule has 2 amide bonds. The van der Waals surface area contributed by atoms with Gasteiger partial charge in [-0.25, -0.2) is 9.18 Å². The van der Waals surface area contributed by atoms with Crippen molar-refractivity contribution < 1.29 is 13.9 Å². The van der Waals surface area contributed by atoms with Crippen LogP contribution >= 0.6 is 0 Å². The topological polar surface area (TPSA) is 56.8 Å². The molecule has 1 heterocycles. The van der Waals surface area contributed by atoms with Crippen LogP contribution in [0.4, 0.5) is 20.6 Å². The highest BCUT2D eigenvalue weighted by atomic mass is 19.1. The van der Waals surface area contributed by atoms with Crippen LogP contribution in [0.25, 0.3) is 0 Å². The molecular formula is C24H33FN4O2. The Balaban J connectivity index is 1.59. The molecule has 31 heavy (non-hydrogen) atoms. The lowest BCUT2D eigenvalue weighted by atomic mass is 10.0. The van der Waals surface area contributed by atoms with Crippen molar-refractivity contribution in [3.8, 4) is 0 Å². The molecule has 168 valence electrons. The van der Waals surface area contributed by atoms with Crippen LogP contribution in [0.15, 0.2) is 42.5 Å². The molecule has 0 radical (unpaired) electrons. The van der Waals surface area contributed by atoms with Gasteiger partial charge in [-0.15, -0.1) is 0 Å². The van der Waals surface area contributed by atoms with Crippen molar-refractivity contribution in [1.29, 1.82) is 0 Å². The van der Waals surface area contributed by atoms with Crippen LogP contribution in [0.5, 0.6) is 0 Å².